The molecular weight excluding hydrogens is 258 g/mol. The van der Waals surface area contributed by atoms with E-state index in [2.05, 4.69) is 15.3 Å². The van der Waals surface area contributed by atoms with Crippen LogP contribution in [0.25, 0.3) is 0 Å². The Hall–Kier alpha value is -1.60. The number of nitrogens with zero attached hydrogens (tertiary/aromatic N) is 3. The van der Waals surface area contributed by atoms with Gasteiger partial charge in [-0.1, -0.05) is 0 Å². The van der Waals surface area contributed by atoms with E-state index in [1.54, 1.807) is 24.1 Å². The van der Waals surface area contributed by atoms with Crippen molar-refractivity contribution < 1.29 is 9.90 Å². The molecule has 2 heterocycles. The minimum Gasteiger partial charge on any atom is -0.396 e. The number of aromatic nitrogens is 2. The summed E-state index contributed by atoms with van der Waals surface area (Å²) in [6, 6.07) is 0. The van der Waals surface area contributed by atoms with Gasteiger partial charge in [0.2, 0.25) is 5.91 Å². The summed E-state index contributed by atoms with van der Waals surface area (Å²) < 4.78 is 1.65. The zero-order chi connectivity index (χ0) is 14.5. The predicted molar refractivity (Wildman–Crippen MR) is 75.9 cm³/mol. The monoisotopic (exact) mass is 281 g/mol. The molecule has 1 aromatic rings. The van der Waals surface area contributed by atoms with Crippen LogP contribution in [0.5, 0.6) is 0 Å². The summed E-state index contributed by atoms with van der Waals surface area (Å²) >= 11 is 0. The number of nitrogen functional groups attached to an aromatic ring is 1. The van der Waals surface area contributed by atoms with Crippen molar-refractivity contribution in [1.82, 2.24) is 20.0 Å². The van der Waals surface area contributed by atoms with Crippen molar-refractivity contribution in [3.05, 3.63) is 12.4 Å². The number of rotatable bonds is 5. The number of nitrogens with two attached hydrogens (primary N) is 1. The lowest BCUT2D eigenvalue weighted by Crippen LogP contribution is -2.43. The molecular formula is C13H23N5O2. The summed E-state index contributed by atoms with van der Waals surface area (Å²) in [5, 5.41) is 16.8. The van der Waals surface area contributed by atoms with Crippen molar-refractivity contribution in [2.75, 3.05) is 32.4 Å². The van der Waals surface area contributed by atoms with Gasteiger partial charge in [-0.05, 0) is 25.9 Å². The molecule has 0 aromatic carbocycles. The van der Waals surface area contributed by atoms with Crippen LogP contribution in [0.2, 0.25) is 0 Å². The van der Waals surface area contributed by atoms with Crippen LogP contribution in [0.3, 0.4) is 0 Å². The Morgan fingerprint density at radius 3 is 2.80 bits per heavy atom. The topological polar surface area (TPSA) is 96.4 Å². The molecule has 1 unspecified atom stereocenters. The lowest BCUT2D eigenvalue weighted by molar-refractivity contribution is -0.126. The van der Waals surface area contributed by atoms with E-state index in [1.807, 2.05) is 0 Å². The molecule has 4 N–H and O–H groups in total. The minimum atomic E-state index is -0.481. The van der Waals surface area contributed by atoms with Gasteiger partial charge in [-0.25, -0.2) is 0 Å². The SMILES string of the molecule is CNC(=O)C1CCN(CC(O)Cn2cc(N)cn2)CC1. The maximum absolute atomic E-state index is 11.5. The number of hydrogen-bond donors (Lipinski definition) is 3. The third-order valence-corrected chi connectivity index (χ3v) is 3.72. The fourth-order valence-corrected chi connectivity index (χ4v) is 2.63. The van der Waals surface area contributed by atoms with Gasteiger partial charge in [0.15, 0.2) is 0 Å². The molecule has 0 saturated carbocycles. The highest BCUT2D eigenvalue weighted by Gasteiger charge is 2.25. The van der Waals surface area contributed by atoms with Gasteiger partial charge >= 0.3 is 0 Å². The van der Waals surface area contributed by atoms with Gasteiger partial charge in [-0.3, -0.25) is 9.48 Å². The lowest BCUT2D eigenvalue weighted by Gasteiger charge is -2.32. The first-order valence-corrected chi connectivity index (χ1v) is 6.98. The van der Waals surface area contributed by atoms with Crippen molar-refractivity contribution >= 4 is 11.6 Å². The number of β-amino-alcohol motifs (C(OH)–C–C–N with tert-alkyl or cyclic N) is 1. The number of amides is 1. The van der Waals surface area contributed by atoms with Gasteiger partial charge in [-0.2, -0.15) is 5.10 Å². The van der Waals surface area contributed by atoms with Crippen molar-refractivity contribution in [2.24, 2.45) is 5.92 Å². The first-order chi connectivity index (χ1) is 9.58. The Balaban J connectivity index is 1.73. The summed E-state index contributed by atoms with van der Waals surface area (Å²) in [6.45, 7) is 2.72. The Labute approximate surface area is 118 Å². The van der Waals surface area contributed by atoms with Crippen molar-refractivity contribution in [1.29, 1.82) is 0 Å². The molecule has 7 heteroatoms. The van der Waals surface area contributed by atoms with Crippen LogP contribution in [-0.4, -0.2) is 58.5 Å². The van der Waals surface area contributed by atoms with Gasteiger partial charge in [-0.15, -0.1) is 0 Å². The first kappa shape index (κ1) is 14.8. The quantitative estimate of drug-likeness (QED) is 0.662. The number of aliphatic hydroxyl groups is 1. The predicted octanol–water partition coefficient (Wildman–Crippen LogP) is -0.716. The number of hydrogen-bond acceptors (Lipinski definition) is 5. The second kappa shape index (κ2) is 6.71. The highest BCUT2D eigenvalue weighted by Crippen LogP contribution is 2.17. The third kappa shape index (κ3) is 3.94. The largest absolute Gasteiger partial charge is 0.396 e. The Bertz CT molecular complexity index is 440. The van der Waals surface area contributed by atoms with Crippen LogP contribution in [-0.2, 0) is 11.3 Å². The second-order valence-corrected chi connectivity index (χ2v) is 5.34. The number of piperidine rings is 1. The van der Waals surface area contributed by atoms with E-state index >= 15 is 0 Å². The lowest BCUT2D eigenvalue weighted by atomic mass is 9.96. The first-order valence-electron chi connectivity index (χ1n) is 6.98. The van der Waals surface area contributed by atoms with E-state index in [1.165, 1.54) is 0 Å². The Kier molecular flexibility index (Phi) is 4.97. The van der Waals surface area contributed by atoms with Crippen LogP contribution in [0.15, 0.2) is 12.4 Å². The van der Waals surface area contributed by atoms with Crippen molar-refractivity contribution in [3.63, 3.8) is 0 Å². The van der Waals surface area contributed by atoms with E-state index in [4.69, 9.17) is 5.73 Å². The number of nitrogens with one attached hydrogen (secondary N) is 1. The zero-order valence-electron chi connectivity index (χ0n) is 11.8. The van der Waals surface area contributed by atoms with Gasteiger partial charge in [0.25, 0.3) is 0 Å². The molecule has 1 aliphatic heterocycles. The normalized spacial score (nSPS) is 18.9. The molecule has 1 saturated heterocycles. The average molecular weight is 281 g/mol. The standard InChI is InChI=1S/C13H23N5O2/c1-15-13(20)10-2-4-17(5-3-10)8-12(19)9-18-7-11(14)6-16-18/h6-7,10,12,19H,2-5,8-9,14H2,1H3,(H,15,20). The van der Waals surface area contributed by atoms with Crippen LogP contribution >= 0.6 is 0 Å². The van der Waals surface area contributed by atoms with E-state index in [9.17, 15) is 9.90 Å². The van der Waals surface area contributed by atoms with E-state index in [0.717, 1.165) is 25.9 Å². The fraction of sp³-hybridized carbons (Fsp3) is 0.692. The Morgan fingerprint density at radius 2 is 2.25 bits per heavy atom. The summed E-state index contributed by atoms with van der Waals surface area (Å²) in [4.78, 5) is 13.7. The maximum Gasteiger partial charge on any atom is 0.222 e. The molecule has 1 amide bonds. The number of likely N-dealkylation sites (tertiary alicyclic amines) is 1. The van der Waals surface area contributed by atoms with Gasteiger partial charge < -0.3 is 21.1 Å². The summed E-state index contributed by atoms with van der Waals surface area (Å²) in [6.07, 6.45) is 4.50. The molecule has 1 aromatic heterocycles. The van der Waals surface area contributed by atoms with Crippen LogP contribution in [0, 0.1) is 5.92 Å². The van der Waals surface area contributed by atoms with Gasteiger partial charge in [0.1, 0.15) is 0 Å². The molecule has 7 nitrogen and oxygen atoms in total. The summed E-state index contributed by atoms with van der Waals surface area (Å²) in [5.41, 5.74) is 6.18. The number of carbonyl (C=O) groups excluding carboxylic acids is 1. The van der Waals surface area contributed by atoms with Crippen LogP contribution in [0.4, 0.5) is 5.69 Å². The number of anilines is 1. The number of carbonyl (C=O) groups is 1. The molecule has 20 heavy (non-hydrogen) atoms. The van der Waals surface area contributed by atoms with Crippen LogP contribution < -0.4 is 11.1 Å². The minimum absolute atomic E-state index is 0.110. The molecule has 0 aliphatic carbocycles. The summed E-state index contributed by atoms with van der Waals surface area (Å²) in [5.74, 6) is 0.233. The van der Waals surface area contributed by atoms with Crippen molar-refractivity contribution in [3.8, 4) is 0 Å². The average Bonchev–Trinajstić information content (AvgIpc) is 2.84. The highest BCUT2D eigenvalue weighted by molar-refractivity contribution is 5.78. The van der Waals surface area contributed by atoms with E-state index in [0.29, 0.717) is 18.8 Å². The molecule has 0 radical (unpaired) electrons. The molecule has 1 atom stereocenters. The zero-order valence-corrected chi connectivity index (χ0v) is 11.8. The fourth-order valence-electron chi connectivity index (χ4n) is 2.63. The van der Waals surface area contributed by atoms with E-state index in [-0.39, 0.29) is 11.8 Å². The maximum atomic E-state index is 11.5. The molecule has 1 fully saturated rings. The Morgan fingerprint density at radius 1 is 1.55 bits per heavy atom. The summed E-state index contributed by atoms with van der Waals surface area (Å²) in [7, 11) is 1.67. The van der Waals surface area contributed by atoms with Gasteiger partial charge in [0.05, 0.1) is 24.5 Å². The van der Waals surface area contributed by atoms with Crippen LogP contribution in [0.1, 0.15) is 12.8 Å². The van der Waals surface area contributed by atoms with E-state index < -0.39 is 6.10 Å². The molecule has 1 aliphatic rings. The van der Waals surface area contributed by atoms with Gasteiger partial charge in [0, 0.05) is 25.7 Å². The smallest absolute Gasteiger partial charge is 0.222 e. The molecule has 112 valence electrons. The molecule has 0 bridgehead atoms. The highest BCUT2D eigenvalue weighted by atomic mass is 16.3. The third-order valence-electron chi connectivity index (χ3n) is 3.72. The molecule has 0 spiro atoms. The second-order valence-electron chi connectivity index (χ2n) is 5.34. The van der Waals surface area contributed by atoms with Crippen molar-refractivity contribution in [2.45, 2.75) is 25.5 Å². The number of aliphatic hydroxyl groups excluding tert-OH is 1. The molecule has 2 rings (SSSR count).